The first-order chi connectivity index (χ1) is 8.25. The summed E-state index contributed by atoms with van der Waals surface area (Å²) in [6.45, 7) is 2.46. The summed E-state index contributed by atoms with van der Waals surface area (Å²) in [5.41, 5.74) is 0.782. The second kappa shape index (κ2) is 5.94. The number of β-amino-alcohol motifs (C(OH)–C–C–N with tert-alkyl or cyclic N) is 1. The van der Waals surface area contributed by atoms with Crippen molar-refractivity contribution in [3.63, 3.8) is 0 Å². The summed E-state index contributed by atoms with van der Waals surface area (Å²) in [6.07, 6.45) is 2.25. The highest BCUT2D eigenvalue weighted by Crippen LogP contribution is 2.11. The minimum absolute atomic E-state index is 0.186. The molecule has 0 amide bonds. The van der Waals surface area contributed by atoms with Crippen LogP contribution in [0.1, 0.15) is 29.6 Å². The highest BCUT2D eigenvalue weighted by atomic mass is 16.3. The van der Waals surface area contributed by atoms with Crippen LogP contribution in [0.4, 0.5) is 0 Å². The number of carbonyl (C=O) groups is 1. The molecule has 0 spiro atoms. The molecule has 0 aromatic heterocycles. The van der Waals surface area contributed by atoms with Crippen molar-refractivity contribution in [2.75, 3.05) is 19.6 Å². The minimum atomic E-state index is -0.212. The van der Waals surface area contributed by atoms with Crippen molar-refractivity contribution in [3.05, 3.63) is 35.9 Å². The molecular weight excluding hydrogens is 214 g/mol. The van der Waals surface area contributed by atoms with Crippen LogP contribution in [-0.2, 0) is 0 Å². The molecule has 17 heavy (non-hydrogen) atoms. The van der Waals surface area contributed by atoms with Crippen LogP contribution in [0.2, 0.25) is 0 Å². The maximum Gasteiger partial charge on any atom is 0.164 e. The van der Waals surface area contributed by atoms with Gasteiger partial charge in [-0.1, -0.05) is 30.3 Å². The Balaban J connectivity index is 1.80. The molecule has 1 heterocycles. The van der Waals surface area contributed by atoms with E-state index in [1.54, 1.807) is 0 Å². The minimum Gasteiger partial charge on any atom is -0.392 e. The van der Waals surface area contributed by atoms with Crippen molar-refractivity contribution < 1.29 is 9.90 Å². The third-order valence-corrected chi connectivity index (χ3v) is 3.23. The van der Waals surface area contributed by atoms with Crippen LogP contribution in [-0.4, -0.2) is 41.5 Å². The summed E-state index contributed by atoms with van der Waals surface area (Å²) in [5, 5.41) is 9.54. The number of Topliss-reactive ketones (excluding diaryl/α,β-unsaturated/α-hetero) is 1. The number of hydrogen-bond acceptors (Lipinski definition) is 3. The van der Waals surface area contributed by atoms with Crippen LogP contribution in [0.15, 0.2) is 30.3 Å². The van der Waals surface area contributed by atoms with E-state index in [-0.39, 0.29) is 11.9 Å². The summed E-state index contributed by atoms with van der Waals surface area (Å²) in [4.78, 5) is 14.1. The van der Waals surface area contributed by atoms with Crippen LogP contribution in [0.5, 0.6) is 0 Å². The van der Waals surface area contributed by atoms with Gasteiger partial charge >= 0.3 is 0 Å². The van der Waals surface area contributed by atoms with E-state index < -0.39 is 0 Å². The molecule has 2 rings (SSSR count). The maximum absolute atomic E-state index is 11.9. The van der Waals surface area contributed by atoms with E-state index in [9.17, 15) is 9.90 Å². The first-order valence-corrected chi connectivity index (χ1v) is 6.24. The molecule has 1 aromatic rings. The fourth-order valence-electron chi connectivity index (χ4n) is 2.26. The lowest BCUT2D eigenvalue weighted by Gasteiger charge is -2.29. The molecule has 0 unspecified atom stereocenters. The zero-order chi connectivity index (χ0) is 12.1. The number of piperidine rings is 1. The molecule has 0 saturated carbocycles. The largest absolute Gasteiger partial charge is 0.392 e. The van der Waals surface area contributed by atoms with Crippen LogP contribution in [0, 0.1) is 0 Å². The molecule has 1 aliphatic rings. The molecule has 92 valence electrons. The van der Waals surface area contributed by atoms with Gasteiger partial charge in [0.25, 0.3) is 0 Å². The lowest BCUT2D eigenvalue weighted by atomic mass is 10.1. The number of hydrogen-bond donors (Lipinski definition) is 1. The molecule has 1 fully saturated rings. The van der Waals surface area contributed by atoms with Gasteiger partial charge in [0.1, 0.15) is 0 Å². The summed E-state index contributed by atoms with van der Waals surface area (Å²) in [6, 6.07) is 9.40. The molecular formula is C14H19NO2. The molecule has 1 saturated heterocycles. The number of likely N-dealkylation sites (tertiary alicyclic amines) is 1. The Morgan fingerprint density at radius 2 is 2.12 bits per heavy atom. The van der Waals surface area contributed by atoms with E-state index in [1.807, 2.05) is 30.3 Å². The molecule has 1 aromatic carbocycles. The van der Waals surface area contributed by atoms with E-state index in [1.165, 1.54) is 0 Å². The molecule has 3 nitrogen and oxygen atoms in total. The zero-order valence-electron chi connectivity index (χ0n) is 10.0. The first kappa shape index (κ1) is 12.3. The Morgan fingerprint density at radius 1 is 1.35 bits per heavy atom. The van der Waals surface area contributed by atoms with E-state index >= 15 is 0 Å². The second-order valence-electron chi connectivity index (χ2n) is 4.64. The lowest BCUT2D eigenvalue weighted by molar-refractivity contribution is 0.0670. The zero-order valence-corrected chi connectivity index (χ0v) is 10.0. The Bertz CT molecular complexity index is 364. The number of aliphatic hydroxyl groups is 1. The Kier molecular flexibility index (Phi) is 4.29. The fourth-order valence-corrected chi connectivity index (χ4v) is 2.26. The Morgan fingerprint density at radius 3 is 2.82 bits per heavy atom. The normalized spacial score (nSPS) is 21.4. The van der Waals surface area contributed by atoms with Gasteiger partial charge in [-0.15, -0.1) is 0 Å². The number of rotatable bonds is 4. The van der Waals surface area contributed by atoms with E-state index in [4.69, 9.17) is 0 Å². The van der Waals surface area contributed by atoms with Crippen molar-refractivity contribution >= 4 is 5.78 Å². The van der Waals surface area contributed by atoms with E-state index in [0.717, 1.165) is 31.5 Å². The average Bonchev–Trinajstić information content (AvgIpc) is 2.37. The van der Waals surface area contributed by atoms with Gasteiger partial charge in [-0.3, -0.25) is 4.79 Å². The molecule has 0 aliphatic carbocycles. The number of aliphatic hydroxyl groups excluding tert-OH is 1. The highest BCUT2D eigenvalue weighted by Gasteiger charge is 2.18. The number of nitrogens with zero attached hydrogens (tertiary/aromatic N) is 1. The molecule has 0 bridgehead atoms. The van der Waals surface area contributed by atoms with Gasteiger partial charge in [-0.25, -0.2) is 0 Å². The average molecular weight is 233 g/mol. The quantitative estimate of drug-likeness (QED) is 0.805. The number of ketones is 1. The predicted octanol–water partition coefficient (Wildman–Crippen LogP) is 1.72. The number of benzene rings is 1. The Labute approximate surface area is 102 Å². The van der Waals surface area contributed by atoms with E-state index in [2.05, 4.69) is 4.90 Å². The third-order valence-electron chi connectivity index (χ3n) is 3.23. The standard InChI is InChI=1S/C14H19NO2/c16-13-7-4-9-15(11-13)10-8-14(17)12-5-2-1-3-6-12/h1-3,5-6,13,16H,4,7-11H2/t13-/m1/s1. The van der Waals surface area contributed by atoms with E-state index in [0.29, 0.717) is 13.0 Å². The van der Waals surface area contributed by atoms with Crippen molar-refractivity contribution in [2.24, 2.45) is 0 Å². The maximum atomic E-state index is 11.9. The highest BCUT2D eigenvalue weighted by molar-refractivity contribution is 5.96. The molecule has 1 atom stereocenters. The van der Waals surface area contributed by atoms with Gasteiger partial charge in [-0.05, 0) is 19.4 Å². The summed E-state index contributed by atoms with van der Waals surface area (Å²) >= 11 is 0. The van der Waals surface area contributed by atoms with Gasteiger partial charge < -0.3 is 10.0 Å². The fraction of sp³-hybridized carbons (Fsp3) is 0.500. The van der Waals surface area contributed by atoms with Gasteiger partial charge in [0.15, 0.2) is 5.78 Å². The third kappa shape index (κ3) is 3.65. The molecule has 1 N–H and O–H groups in total. The summed E-state index contributed by atoms with van der Waals surface area (Å²) in [5.74, 6) is 0.186. The topological polar surface area (TPSA) is 40.5 Å². The van der Waals surface area contributed by atoms with Gasteiger partial charge in [0.2, 0.25) is 0 Å². The SMILES string of the molecule is O=C(CCN1CCC[C@@H](O)C1)c1ccccc1. The van der Waals surface area contributed by atoms with Gasteiger partial charge in [0, 0.05) is 25.1 Å². The number of carbonyl (C=O) groups excluding carboxylic acids is 1. The first-order valence-electron chi connectivity index (χ1n) is 6.24. The molecule has 1 aliphatic heterocycles. The Hall–Kier alpha value is -1.19. The summed E-state index contributed by atoms with van der Waals surface area (Å²) < 4.78 is 0. The van der Waals surface area contributed by atoms with Gasteiger partial charge in [0.05, 0.1) is 6.10 Å². The monoisotopic (exact) mass is 233 g/mol. The molecule has 0 radical (unpaired) electrons. The van der Waals surface area contributed by atoms with Gasteiger partial charge in [-0.2, -0.15) is 0 Å². The molecule has 3 heteroatoms. The van der Waals surface area contributed by atoms with Crippen molar-refractivity contribution in [1.82, 2.24) is 4.90 Å². The van der Waals surface area contributed by atoms with Crippen LogP contribution >= 0.6 is 0 Å². The predicted molar refractivity (Wildman–Crippen MR) is 67.1 cm³/mol. The van der Waals surface area contributed by atoms with Crippen molar-refractivity contribution in [2.45, 2.75) is 25.4 Å². The van der Waals surface area contributed by atoms with Crippen LogP contribution < -0.4 is 0 Å². The summed E-state index contributed by atoms with van der Waals surface area (Å²) in [7, 11) is 0. The van der Waals surface area contributed by atoms with Crippen molar-refractivity contribution in [1.29, 1.82) is 0 Å². The van der Waals surface area contributed by atoms with Crippen LogP contribution in [0.25, 0.3) is 0 Å². The van der Waals surface area contributed by atoms with Crippen molar-refractivity contribution in [3.8, 4) is 0 Å². The van der Waals surface area contributed by atoms with Crippen LogP contribution in [0.3, 0.4) is 0 Å². The lowest BCUT2D eigenvalue weighted by Crippen LogP contribution is -2.39. The second-order valence-corrected chi connectivity index (χ2v) is 4.64. The smallest absolute Gasteiger partial charge is 0.164 e.